The molecule has 0 spiro atoms. The fourth-order valence-electron chi connectivity index (χ4n) is 1.58. The zero-order valence-corrected chi connectivity index (χ0v) is 9.35. The minimum absolute atomic E-state index is 0.439. The Morgan fingerprint density at radius 3 is 2.64 bits per heavy atom. The molecule has 0 heterocycles. The molecule has 0 amide bonds. The predicted octanol–water partition coefficient (Wildman–Crippen LogP) is 2.67. The van der Waals surface area contributed by atoms with Crippen molar-refractivity contribution in [3.63, 3.8) is 0 Å². The van der Waals surface area contributed by atoms with Crippen molar-refractivity contribution in [2.45, 2.75) is 64.3 Å². The minimum atomic E-state index is 0.439. The van der Waals surface area contributed by atoms with Crippen LogP contribution in [-0.4, -0.2) is 18.4 Å². The van der Waals surface area contributed by atoms with Crippen LogP contribution in [0.4, 0.5) is 0 Å². The molecule has 0 bridgehead atoms. The molecule has 1 N–H and O–H groups in total. The van der Waals surface area contributed by atoms with Gasteiger partial charge in [-0.2, -0.15) is 0 Å². The highest BCUT2D eigenvalue weighted by atomic mass is 16.1. The molecule has 0 aromatic rings. The van der Waals surface area contributed by atoms with Crippen LogP contribution in [0.15, 0.2) is 0 Å². The molecule has 1 rings (SSSR count). The van der Waals surface area contributed by atoms with E-state index in [1.165, 1.54) is 32.1 Å². The van der Waals surface area contributed by atoms with E-state index in [9.17, 15) is 4.79 Å². The fraction of sp³-hybridized carbons (Fsp3) is 0.917. The van der Waals surface area contributed by atoms with Crippen LogP contribution in [0, 0.1) is 0 Å². The van der Waals surface area contributed by atoms with Gasteiger partial charge < -0.3 is 5.32 Å². The van der Waals surface area contributed by atoms with Crippen molar-refractivity contribution >= 4 is 5.78 Å². The van der Waals surface area contributed by atoms with Crippen molar-refractivity contribution in [2.75, 3.05) is 6.54 Å². The molecular weight excluding hydrogens is 174 g/mol. The van der Waals surface area contributed by atoms with Gasteiger partial charge in [-0.3, -0.25) is 4.79 Å². The summed E-state index contributed by atoms with van der Waals surface area (Å²) in [5, 5.41) is 3.37. The molecule has 2 nitrogen and oxygen atoms in total. The summed E-state index contributed by atoms with van der Waals surface area (Å²) in [4.78, 5) is 11.4. The van der Waals surface area contributed by atoms with Gasteiger partial charge in [0.15, 0.2) is 0 Å². The third-order valence-corrected chi connectivity index (χ3v) is 2.72. The standard InChI is InChI=1S/C12H23NO/c1-2-3-4-5-6-12(14)9-10-13-11-7-8-11/h11,13H,2-10H2,1H3. The normalized spacial score (nSPS) is 15.8. The highest BCUT2D eigenvalue weighted by Gasteiger charge is 2.19. The van der Waals surface area contributed by atoms with Gasteiger partial charge in [0.2, 0.25) is 0 Å². The van der Waals surface area contributed by atoms with E-state index in [1.807, 2.05) is 0 Å². The predicted molar refractivity (Wildman–Crippen MR) is 59.4 cm³/mol. The Morgan fingerprint density at radius 2 is 2.00 bits per heavy atom. The molecule has 0 radical (unpaired) electrons. The molecule has 1 aliphatic rings. The number of Topliss-reactive ketones (excluding diaryl/α,β-unsaturated/α-hetero) is 1. The number of hydrogen-bond donors (Lipinski definition) is 1. The summed E-state index contributed by atoms with van der Waals surface area (Å²) >= 11 is 0. The Hall–Kier alpha value is -0.370. The number of carbonyl (C=O) groups is 1. The summed E-state index contributed by atoms with van der Waals surface area (Å²) in [6.45, 7) is 3.10. The van der Waals surface area contributed by atoms with E-state index in [-0.39, 0.29) is 0 Å². The molecule has 14 heavy (non-hydrogen) atoms. The Morgan fingerprint density at radius 1 is 1.21 bits per heavy atom. The molecule has 82 valence electrons. The van der Waals surface area contributed by atoms with E-state index in [0.29, 0.717) is 5.78 Å². The molecule has 0 aliphatic heterocycles. The Bertz CT molecular complexity index is 164. The van der Waals surface area contributed by atoms with Crippen molar-refractivity contribution in [2.24, 2.45) is 0 Å². The highest BCUT2D eigenvalue weighted by Crippen LogP contribution is 2.18. The molecule has 0 saturated heterocycles. The lowest BCUT2D eigenvalue weighted by Gasteiger charge is -2.02. The second kappa shape index (κ2) is 6.99. The Labute approximate surface area is 87.5 Å². The van der Waals surface area contributed by atoms with Gasteiger partial charge >= 0.3 is 0 Å². The second-order valence-corrected chi connectivity index (χ2v) is 4.33. The van der Waals surface area contributed by atoms with Crippen LogP contribution >= 0.6 is 0 Å². The van der Waals surface area contributed by atoms with Crippen LogP contribution in [0.3, 0.4) is 0 Å². The van der Waals surface area contributed by atoms with E-state index >= 15 is 0 Å². The van der Waals surface area contributed by atoms with Gasteiger partial charge in [0.1, 0.15) is 5.78 Å². The summed E-state index contributed by atoms with van der Waals surface area (Å²) < 4.78 is 0. The van der Waals surface area contributed by atoms with Crippen LogP contribution in [0.25, 0.3) is 0 Å². The topological polar surface area (TPSA) is 29.1 Å². The summed E-state index contributed by atoms with van der Waals surface area (Å²) in [6, 6.07) is 0.739. The van der Waals surface area contributed by atoms with Gasteiger partial charge in [-0.15, -0.1) is 0 Å². The van der Waals surface area contributed by atoms with Gasteiger partial charge in [-0.05, 0) is 19.3 Å². The van der Waals surface area contributed by atoms with Gasteiger partial charge in [0.05, 0.1) is 0 Å². The number of carbonyl (C=O) groups excluding carboxylic acids is 1. The van der Waals surface area contributed by atoms with Crippen LogP contribution in [0.2, 0.25) is 0 Å². The van der Waals surface area contributed by atoms with Crippen molar-refractivity contribution < 1.29 is 4.79 Å². The van der Waals surface area contributed by atoms with E-state index in [4.69, 9.17) is 0 Å². The summed E-state index contributed by atoms with van der Waals surface area (Å²) in [7, 11) is 0. The maximum atomic E-state index is 11.4. The molecular formula is C12H23NO. The summed E-state index contributed by atoms with van der Waals surface area (Å²) in [5.74, 6) is 0.439. The number of unbranched alkanes of at least 4 members (excludes halogenated alkanes) is 3. The van der Waals surface area contributed by atoms with E-state index < -0.39 is 0 Å². The lowest BCUT2D eigenvalue weighted by Crippen LogP contribution is -2.20. The van der Waals surface area contributed by atoms with E-state index in [2.05, 4.69) is 12.2 Å². The monoisotopic (exact) mass is 197 g/mol. The van der Waals surface area contributed by atoms with Crippen LogP contribution in [-0.2, 0) is 4.79 Å². The molecule has 0 aromatic carbocycles. The first-order valence-electron chi connectivity index (χ1n) is 6.08. The fourth-order valence-corrected chi connectivity index (χ4v) is 1.58. The molecule has 1 fully saturated rings. The largest absolute Gasteiger partial charge is 0.314 e. The average molecular weight is 197 g/mol. The highest BCUT2D eigenvalue weighted by molar-refractivity contribution is 5.78. The zero-order chi connectivity index (χ0) is 10.2. The Balaban J connectivity index is 1.82. The lowest BCUT2D eigenvalue weighted by molar-refractivity contribution is -0.119. The second-order valence-electron chi connectivity index (χ2n) is 4.33. The number of nitrogens with one attached hydrogen (secondary N) is 1. The minimum Gasteiger partial charge on any atom is -0.314 e. The van der Waals surface area contributed by atoms with Crippen molar-refractivity contribution in [3.05, 3.63) is 0 Å². The van der Waals surface area contributed by atoms with Gasteiger partial charge in [0, 0.05) is 25.4 Å². The van der Waals surface area contributed by atoms with Crippen LogP contribution < -0.4 is 5.32 Å². The molecule has 1 saturated carbocycles. The first kappa shape index (κ1) is 11.7. The number of hydrogen-bond acceptors (Lipinski definition) is 2. The lowest BCUT2D eigenvalue weighted by atomic mass is 10.1. The smallest absolute Gasteiger partial charge is 0.134 e. The van der Waals surface area contributed by atoms with Crippen molar-refractivity contribution in [3.8, 4) is 0 Å². The molecule has 0 aromatic heterocycles. The SMILES string of the molecule is CCCCCCC(=O)CCNC1CC1. The first-order valence-corrected chi connectivity index (χ1v) is 6.08. The van der Waals surface area contributed by atoms with Gasteiger partial charge in [-0.25, -0.2) is 0 Å². The Kier molecular flexibility index (Phi) is 5.85. The van der Waals surface area contributed by atoms with E-state index in [1.54, 1.807) is 0 Å². The third kappa shape index (κ3) is 6.14. The van der Waals surface area contributed by atoms with Crippen molar-refractivity contribution in [1.82, 2.24) is 5.32 Å². The quantitative estimate of drug-likeness (QED) is 0.576. The number of rotatable bonds is 9. The average Bonchev–Trinajstić information content (AvgIpc) is 2.96. The van der Waals surface area contributed by atoms with Gasteiger partial charge in [0.25, 0.3) is 0 Å². The summed E-state index contributed by atoms with van der Waals surface area (Å²) in [6.07, 6.45) is 8.99. The zero-order valence-electron chi connectivity index (χ0n) is 9.35. The van der Waals surface area contributed by atoms with Crippen LogP contribution in [0.5, 0.6) is 0 Å². The molecule has 2 heteroatoms. The number of ketones is 1. The first-order chi connectivity index (χ1) is 6.83. The molecule has 0 unspecified atom stereocenters. The van der Waals surface area contributed by atoms with Gasteiger partial charge in [-0.1, -0.05) is 26.2 Å². The third-order valence-electron chi connectivity index (χ3n) is 2.72. The molecule has 1 aliphatic carbocycles. The maximum Gasteiger partial charge on any atom is 0.134 e. The summed E-state index contributed by atoms with van der Waals surface area (Å²) in [5.41, 5.74) is 0. The van der Waals surface area contributed by atoms with Crippen molar-refractivity contribution in [1.29, 1.82) is 0 Å². The van der Waals surface area contributed by atoms with E-state index in [0.717, 1.165) is 31.8 Å². The molecule has 0 atom stereocenters. The maximum absolute atomic E-state index is 11.4. The van der Waals surface area contributed by atoms with Crippen LogP contribution in [0.1, 0.15) is 58.3 Å².